The highest BCUT2D eigenvalue weighted by Crippen LogP contribution is 2.51. The Kier molecular flexibility index (Phi) is 2.52. The summed E-state index contributed by atoms with van der Waals surface area (Å²) in [7, 11) is 1.98. The fourth-order valence-electron chi connectivity index (χ4n) is 3.35. The van der Waals surface area contributed by atoms with Crippen molar-refractivity contribution in [1.29, 1.82) is 0 Å². The molecule has 2 aromatic rings. The second kappa shape index (κ2) is 3.98. The van der Waals surface area contributed by atoms with E-state index in [1.54, 1.807) is 12.4 Å². The minimum Gasteiger partial charge on any atom is -0.399 e. The molecule has 1 aromatic carbocycles. The highest BCUT2D eigenvalue weighted by atomic mass is 15.3. The van der Waals surface area contributed by atoms with Gasteiger partial charge in [-0.3, -0.25) is 0 Å². The highest BCUT2D eigenvalue weighted by molar-refractivity contribution is 5.57. The Morgan fingerprint density at radius 2 is 1.84 bits per heavy atom. The minimum atomic E-state index is -0.0891. The monoisotopic (exact) mass is 257 g/mol. The molecule has 19 heavy (non-hydrogen) atoms. The molecule has 100 valence electrons. The maximum atomic E-state index is 5.94. The largest absolute Gasteiger partial charge is 0.399 e. The van der Waals surface area contributed by atoms with Crippen molar-refractivity contribution in [3.05, 3.63) is 35.9 Å². The number of rotatable bonds is 2. The molecule has 0 aliphatic heterocycles. The minimum absolute atomic E-state index is 0.0891. The van der Waals surface area contributed by atoms with E-state index in [0.717, 1.165) is 24.2 Å². The van der Waals surface area contributed by atoms with E-state index in [1.165, 1.54) is 0 Å². The molecule has 1 aliphatic rings. The van der Waals surface area contributed by atoms with Gasteiger partial charge in [0.2, 0.25) is 0 Å². The second-order valence-electron chi connectivity index (χ2n) is 5.75. The van der Waals surface area contributed by atoms with Gasteiger partial charge >= 0.3 is 0 Å². The third-order valence-electron chi connectivity index (χ3n) is 4.06. The highest BCUT2D eigenvalue weighted by Gasteiger charge is 2.48. The van der Waals surface area contributed by atoms with Crippen molar-refractivity contribution < 1.29 is 0 Å². The molecule has 0 bridgehead atoms. The Morgan fingerprint density at radius 3 is 2.32 bits per heavy atom. The van der Waals surface area contributed by atoms with Gasteiger partial charge in [-0.2, -0.15) is 0 Å². The number of hydrogen-bond donors (Lipinski definition) is 2. The maximum absolute atomic E-state index is 5.94. The molecular weight excluding hydrogens is 238 g/mol. The van der Waals surface area contributed by atoms with Crippen molar-refractivity contribution in [2.45, 2.75) is 25.2 Å². The van der Waals surface area contributed by atoms with Crippen molar-refractivity contribution in [2.75, 3.05) is 11.5 Å². The van der Waals surface area contributed by atoms with Crippen LogP contribution in [0.2, 0.25) is 0 Å². The van der Waals surface area contributed by atoms with Gasteiger partial charge in [0, 0.05) is 18.4 Å². The molecule has 1 aliphatic carbocycles. The Hall–Kier alpha value is -2.04. The number of hydrogen-bond acceptors (Lipinski definition) is 4. The second-order valence-corrected chi connectivity index (χ2v) is 5.75. The molecule has 5 nitrogen and oxygen atoms in total. The van der Waals surface area contributed by atoms with E-state index < -0.39 is 0 Å². The Balaban J connectivity index is 2.14. The van der Waals surface area contributed by atoms with Gasteiger partial charge in [0.15, 0.2) is 0 Å². The van der Waals surface area contributed by atoms with Crippen molar-refractivity contribution >= 4 is 11.4 Å². The average Bonchev–Trinajstić information content (AvgIpc) is 2.70. The predicted octanol–water partition coefficient (Wildman–Crippen LogP) is 1.70. The Morgan fingerprint density at radius 1 is 1.21 bits per heavy atom. The lowest BCUT2D eigenvalue weighted by Crippen LogP contribution is -2.43. The van der Waals surface area contributed by atoms with Crippen molar-refractivity contribution in [3.63, 3.8) is 0 Å². The molecule has 0 amide bonds. The first-order valence-corrected chi connectivity index (χ1v) is 6.52. The lowest BCUT2D eigenvalue weighted by Gasteiger charge is -2.46. The first-order valence-electron chi connectivity index (χ1n) is 6.52. The smallest absolute Gasteiger partial charge is 0.143 e. The molecule has 1 fully saturated rings. The fourth-order valence-corrected chi connectivity index (χ4v) is 3.35. The number of nitrogens with zero attached hydrogens (tertiary/aromatic N) is 3. The zero-order valence-corrected chi connectivity index (χ0v) is 11.3. The number of nitrogens with two attached hydrogens (primary N) is 2. The van der Waals surface area contributed by atoms with Gasteiger partial charge in [-0.15, -0.1) is 10.2 Å². The molecule has 3 rings (SSSR count). The van der Waals surface area contributed by atoms with E-state index in [4.69, 9.17) is 11.5 Å². The zero-order chi connectivity index (χ0) is 13.6. The van der Waals surface area contributed by atoms with Crippen LogP contribution in [0.5, 0.6) is 0 Å². The first kappa shape index (κ1) is 12.0. The van der Waals surface area contributed by atoms with Gasteiger partial charge in [0.25, 0.3) is 0 Å². The summed E-state index contributed by atoms with van der Waals surface area (Å²) in [6, 6.07) is 5.81. The summed E-state index contributed by atoms with van der Waals surface area (Å²) < 4.78 is 1.99. The van der Waals surface area contributed by atoms with Crippen LogP contribution >= 0.6 is 0 Å². The number of nitrogen functional groups attached to an aromatic ring is 2. The SMILES string of the molecule is CC1CC(c2cc(N)cc(N)c2)(c2nncn2C)C1. The van der Waals surface area contributed by atoms with Crippen molar-refractivity contribution in [1.82, 2.24) is 14.8 Å². The van der Waals surface area contributed by atoms with Crippen LogP contribution in [0.3, 0.4) is 0 Å². The number of anilines is 2. The molecule has 5 heteroatoms. The quantitative estimate of drug-likeness (QED) is 0.802. The number of aryl methyl sites for hydroxylation is 1. The van der Waals surface area contributed by atoms with Crippen LogP contribution in [0.1, 0.15) is 31.2 Å². The van der Waals surface area contributed by atoms with Crippen LogP contribution in [-0.4, -0.2) is 14.8 Å². The van der Waals surface area contributed by atoms with Crippen molar-refractivity contribution in [2.24, 2.45) is 13.0 Å². The van der Waals surface area contributed by atoms with Crippen molar-refractivity contribution in [3.8, 4) is 0 Å². The molecule has 0 atom stereocenters. The Bertz CT molecular complexity index is 590. The molecule has 4 N–H and O–H groups in total. The van der Waals surface area contributed by atoms with Crippen LogP contribution in [-0.2, 0) is 12.5 Å². The van der Waals surface area contributed by atoms with E-state index in [9.17, 15) is 0 Å². The molecule has 0 saturated heterocycles. The summed E-state index contributed by atoms with van der Waals surface area (Å²) in [5.74, 6) is 1.68. The van der Waals surface area contributed by atoms with Gasteiger partial charge in [0.1, 0.15) is 12.2 Å². The first-order chi connectivity index (χ1) is 9.01. The predicted molar refractivity (Wildman–Crippen MR) is 75.4 cm³/mol. The van der Waals surface area contributed by atoms with Crippen LogP contribution in [0.4, 0.5) is 11.4 Å². The molecule has 0 unspecified atom stereocenters. The molecule has 1 heterocycles. The standard InChI is InChI=1S/C14H19N5/c1-9-6-14(7-9,13-18-17-8-19(13)2)10-3-11(15)5-12(16)4-10/h3-5,8-9H,6-7,15-16H2,1-2H3. The van der Waals surface area contributed by atoms with E-state index in [-0.39, 0.29) is 5.41 Å². The Labute approximate surface area is 112 Å². The van der Waals surface area contributed by atoms with Crippen LogP contribution < -0.4 is 11.5 Å². The molecule has 0 spiro atoms. The summed E-state index contributed by atoms with van der Waals surface area (Å²) in [5, 5.41) is 8.33. The van der Waals surface area contributed by atoms with Crippen LogP contribution in [0.15, 0.2) is 24.5 Å². The molecular formula is C14H19N5. The van der Waals surface area contributed by atoms with Gasteiger partial charge in [0.05, 0.1) is 5.41 Å². The third kappa shape index (κ3) is 1.77. The summed E-state index contributed by atoms with van der Waals surface area (Å²) in [6.45, 7) is 2.25. The summed E-state index contributed by atoms with van der Waals surface area (Å²) in [4.78, 5) is 0. The zero-order valence-electron chi connectivity index (χ0n) is 11.3. The summed E-state index contributed by atoms with van der Waals surface area (Å²) in [5.41, 5.74) is 14.3. The lowest BCUT2D eigenvalue weighted by atomic mass is 9.58. The number of benzene rings is 1. The third-order valence-corrected chi connectivity index (χ3v) is 4.06. The van der Waals surface area contributed by atoms with Gasteiger partial charge in [-0.1, -0.05) is 6.92 Å². The van der Waals surface area contributed by atoms with E-state index in [2.05, 4.69) is 17.1 Å². The molecule has 1 aromatic heterocycles. The average molecular weight is 257 g/mol. The van der Waals surface area contributed by atoms with E-state index in [1.807, 2.05) is 23.7 Å². The fraction of sp³-hybridized carbons (Fsp3) is 0.429. The topological polar surface area (TPSA) is 82.8 Å². The number of aromatic nitrogens is 3. The van der Waals surface area contributed by atoms with Crippen LogP contribution in [0, 0.1) is 5.92 Å². The van der Waals surface area contributed by atoms with E-state index in [0.29, 0.717) is 17.3 Å². The summed E-state index contributed by atoms with van der Waals surface area (Å²) in [6.07, 6.45) is 3.86. The molecule has 0 radical (unpaired) electrons. The maximum Gasteiger partial charge on any atom is 0.143 e. The van der Waals surface area contributed by atoms with Crippen LogP contribution in [0.25, 0.3) is 0 Å². The molecule has 1 saturated carbocycles. The lowest BCUT2D eigenvalue weighted by molar-refractivity contribution is 0.185. The summed E-state index contributed by atoms with van der Waals surface area (Å²) >= 11 is 0. The van der Waals surface area contributed by atoms with Gasteiger partial charge in [-0.25, -0.2) is 0 Å². The van der Waals surface area contributed by atoms with Gasteiger partial charge < -0.3 is 16.0 Å². The van der Waals surface area contributed by atoms with Gasteiger partial charge in [-0.05, 0) is 42.5 Å². The van der Waals surface area contributed by atoms with E-state index >= 15 is 0 Å². The normalized spacial score (nSPS) is 26.1.